The second kappa shape index (κ2) is 7.01. The molecular formula is C13H17NO2S. The van der Waals surface area contributed by atoms with E-state index in [-0.39, 0.29) is 5.97 Å². The number of hydrogen-bond donors (Lipinski definition) is 1. The highest BCUT2D eigenvalue weighted by Crippen LogP contribution is 2.19. The maximum Gasteiger partial charge on any atom is 0.335 e. The molecule has 0 aliphatic heterocycles. The van der Waals surface area contributed by atoms with Gasteiger partial charge in [-0.2, -0.15) is 0 Å². The van der Waals surface area contributed by atoms with Crippen LogP contribution in [0.1, 0.15) is 6.92 Å². The van der Waals surface area contributed by atoms with Crippen molar-refractivity contribution in [3.8, 4) is 0 Å². The number of carbonyl (C=O) groups excluding carboxylic acids is 1. The Morgan fingerprint density at radius 1 is 1.53 bits per heavy atom. The summed E-state index contributed by atoms with van der Waals surface area (Å²) in [4.78, 5) is 12.5. The zero-order chi connectivity index (χ0) is 12.7. The van der Waals surface area contributed by atoms with E-state index in [1.54, 1.807) is 18.7 Å². The molecule has 3 nitrogen and oxygen atoms in total. The van der Waals surface area contributed by atoms with Crippen LogP contribution in [0.4, 0.5) is 5.69 Å². The molecule has 1 rings (SSSR count). The third-order valence-electron chi connectivity index (χ3n) is 2.14. The highest BCUT2D eigenvalue weighted by atomic mass is 32.2. The number of carbonyl (C=O) groups is 1. The fraction of sp³-hybridized carbons (Fsp3) is 0.308. The van der Waals surface area contributed by atoms with Crippen LogP contribution in [0.3, 0.4) is 0 Å². The Kier molecular flexibility index (Phi) is 5.63. The quantitative estimate of drug-likeness (QED) is 0.479. The smallest absolute Gasteiger partial charge is 0.335 e. The molecule has 0 saturated carbocycles. The summed E-state index contributed by atoms with van der Waals surface area (Å²) in [5.41, 5.74) is 1.41. The van der Waals surface area contributed by atoms with Gasteiger partial charge < -0.3 is 10.1 Å². The maximum atomic E-state index is 11.3. The van der Waals surface area contributed by atoms with E-state index in [1.165, 1.54) is 4.90 Å². The van der Waals surface area contributed by atoms with Crippen LogP contribution in [-0.4, -0.2) is 25.4 Å². The molecule has 0 aliphatic rings. The standard InChI is InChI=1S/C13H17NO2S/c1-4-16-13(15)10(2)9-14-11-6-5-7-12(8-11)17-3/h5-8,14H,2,4,9H2,1,3H3. The average molecular weight is 251 g/mol. The number of esters is 1. The third kappa shape index (κ3) is 4.53. The third-order valence-corrected chi connectivity index (χ3v) is 2.87. The number of benzene rings is 1. The lowest BCUT2D eigenvalue weighted by Crippen LogP contribution is -2.14. The zero-order valence-corrected chi connectivity index (χ0v) is 11.0. The molecule has 0 atom stereocenters. The van der Waals surface area contributed by atoms with E-state index in [1.807, 2.05) is 30.5 Å². The number of anilines is 1. The van der Waals surface area contributed by atoms with Crippen molar-refractivity contribution in [2.75, 3.05) is 24.7 Å². The zero-order valence-electron chi connectivity index (χ0n) is 10.2. The molecule has 1 aromatic rings. The van der Waals surface area contributed by atoms with Gasteiger partial charge in [0.15, 0.2) is 0 Å². The van der Waals surface area contributed by atoms with Gasteiger partial charge in [0.25, 0.3) is 0 Å². The van der Waals surface area contributed by atoms with Gasteiger partial charge in [-0.25, -0.2) is 4.79 Å². The summed E-state index contributed by atoms with van der Waals surface area (Å²) >= 11 is 1.68. The van der Waals surface area contributed by atoms with E-state index in [0.717, 1.165) is 5.69 Å². The Balaban J connectivity index is 2.49. The number of nitrogens with one attached hydrogen (secondary N) is 1. The molecule has 0 bridgehead atoms. The molecule has 0 unspecified atom stereocenters. The lowest BCUT2D eigenvalue weighted by molar-refractivity contribution is -0.138. The molecule has 0 saturated heterocycles. The Bertz CT molecular complexity index is 404. The minimum absolute atomic E-state index is 0.346. The molecule has 0 amide bonds. The Morgan fingerprint density at radius 2 is 2.29 bits per heavy atom. The second-order valence-corrected chi connectivity index (χ2v) is 4.29. The van der Waals surface area contributed by atoms with Crippen molar-refractivity contribution in [2.24, 2.45) is 0 Å². The summed E-state index contributed by atoms with van der Waals surface area (Å²) in [6.45, 7) is 6.24. The lowest BCUT2D eigenvalue weighted by atomic mass is 10.2. The van der Waals surface area contributed by atoms with Crippen LogP contribution < -0.4 is 5.32 Å². The molecule has 4 heteroatoms. The van der Waals surface area contributed by atoms with Crippen molar-refractivity contribution in [1.29, 1.82) is 0 Å². The number of hydrogen-bond acceptors (Lipinski definition) is 4. The first-order valence-corrected chi connectivity index (χ1v) is 6.62. The first kappa shape index (κ1) is 13.6. The van der Waals surface area contributed by atoms with Crippen molar-refractivity contribution in [1.82, 2.24) is 0 Å². The van der Waals surface area contributed by atoms with Gasteiger partial charge in [-0.1, -0.05) is 12.6 Å². The van der Waals surface area contributed by atoms with E-state index in [9.17, 15) is 4.79 Å². The molecule has 0 spiro atoms. The van der Waals surface area contributed by atoms with Gasteiger partial charge in [-0.3, -0.25) is 0 Å². The fourth-order valence-corrected chi connectivity index (χ4v) is 1.71. The van der Waals surface area contributed by atoms with Gasteiger partial charge in [0.1, 0.15) is 0 Å². The van der Waals surface area contributed by atoms with Gasteiger partial charge in [-0.15, -0.1) is 11.8 Å². The summed E-state index contributed by atoms with van der Waals surface area (Å²) in [5, 5.41) is 3.14. The van der Waals surface area contributed by atoms with Crippen LogP contribution in [0.5, 0.6) is 0 Å². The van der Waals surface area contributed by atoms with E-state index in [2.05, 4.69) is 11.9 Å². The molecule has 0 heterocycles. The van der Waals surface area contributed by atoms with E-state index >= 15 is 0 Å². The monoisotopic (exact) mass is 251 g/mol. The van der Waals surface area contributed by atoms with Gasteiger partial charge in [0.2, 0.25) is 0 Å². The van der Waals surface area contributed by atoms with Gasteiger partial charge in [0, 0.05) is 22.7 Å². The highest BCUT2D eigenvalue weighted by Gasteiger charge is 2.06. The van der Waals surface area contributed by atoms with Crippen molar-refractivity contribution < 1.29 is 9.53 Å². The molecule has 92 valence electrons. The predicted octanol–water partition coefficient (Wildman–Crippen LogP) is 2.94. The molecule has 0 radical (unpaired) electrons. The van der Waals surface area contributed by atoms with Crippen LogP contribution in [0.15, 0.2) is 41.3 Å². The van der Waals surface area contributed by atoms with Crippen LogP contribution in [0, 0.1) is 0 Å². The molecule has 17 heavy (non-hydrogen) atoms. The van der Waals surface area contributed by atoms with E-state index in [0.29, 0.717) is 18.7 Å². The molecule has 0 fully saturated rings. The van der Waals surface area contributed by atoms with Gasteiger partial charge in [-0.05, 0) is 31.4 Å². The van der Waals surface area contributed by atoms with Gasteiger partial charge in [0.05, 0.1) is 6.61 Å². The average Bonchev–Trinajstić information content (AvgIpc) is 2.36. The Morgan fingerprint density at radius 3 is 2.94 bits per heavy atom. The molecule has 0 aliphatic carbocycles. The fourth-order valence-electron chi connectivity index (χ4n) is 1.25. The van der Waals surface area contributed by atoms with E-state index in [4.69, 9.17) is 4.74 Å². The molecule has 1 aromatic carbocycles. The largest absolute Gasteiger partial charge is 0.463 e. The SMILES string of the molecule is C=C(CNc1cccc(SC)c1)C(=O)OCC. The highest BCUT2D eigenvalue weighted by molar-refractivity contribution is 7.98. The Labute approximate surface area is 106 Å². The maximum absolute atomic E-state index is 11.3. The van der Waals surface area contributed by atoms with Crippen molar-refractivity contribution >= 4 is 23.4 Å². The first-order chi connectivity index (χ1) is 8.17. The summed E-state index contributed by atoms with van der Waals surface area (Å²) in [5.74, 6) is -0.346. The number of thioether (sulfide) groups is 1. The molecule has 0 aromatic heterocycles. The van der Waals surface area contributed by atoms with Gasteiger partial charge >= 0.3 is 5.97 Å². The predicted molar refractivity (Wildman–Crippen MR) is 72.5 cm³/mol. The molecular weight excluding hydrogens is 234 g/mol. The number of ether oxygens (including phenoxy) is 1. The molecule has 1 N–H and O–H groups in total. The summed E-state index contributed by atoms with van der Waals surface area (Å²) < 4.78 is 4.85. The van der Waals surface area contributed by atoms with Crippen molar-refractivity contribution in [3.05, 3.63) is 36.4 Å². The van der Waals surface area contributed by atoms with Crippen molar-refractivity contribution in [2.45, 2.75) is 11.8 Å². The van der Waals surface area contributed by atoms with Crippen LogP contribution in [-0.2, 0) is 9.53 Å². The minimum Gasteiger partial charge on any atom is -0.463 e. The topological polar surface area (TPSA) is 38.3 Å². The normalized spacial score (nSPS) is 9.76. The van der Waals surface area contributed by atoms with E-state index < -0.39 is 0 Å². The van der Waals surface area contributed by atoms with Crippen LogP contribution in [0.25, 0.3) is 0 Å². The summed E-state index contributed by atoms with van der Waals surface area (Å²) in [6.07, 6.45) is 2.02. The summed E-state index contributed by atoms with van der Waals surface area (Å²) in [6, 6.07) is 8.00. The Hall–Kier alpha value is -1.42. The summed E-state index contributed by atoms with van der Waals surface area (Å²) in [7, 11) is 0. The van der Waals surface area contributed by atoms with Crippen LogP contribution in [0.2, 0.25) is 0 Å². The van der Waals surface area contributed by atoms with Crippen molar-refractivity contribution in [3.63, 3.8) is 0 Å². The minimum atomic E-state index is -0.346. The lowest BCUT2D eigenvalue weighted by Gasteiger charge is -2.09. The second-order valence-electron chi connectivity index (χ2n) is 3.41. The van der Waals surface area contributed by atoms with Crippen LogP contribution >= 0.6 is 11.8 Å². The first-order valence-electron chi connectivity index (χ1n) is 5.40. The number of rotatable bonds is 6.